The molecule has 6 aliphatic heterocycles. The van der Waals surface area contributed by atoms with Crippen LogP contribution in [-0.4, -0.2) is 120 Å². The number of nitrogens with one attached hydrogen (secondary N) is 1. The van der Waals surface area contributed by atoms with E-state index >= 15 is 0 Å². The molecule has 0 radical (unpaired) electrons. The maximum Gasteiger partial charge on any atom is 0.215 e. The van der Waals surface area contributed by atoms with Gasteiger partial charge in [0.05, 0.1) is 42.1 Å². The molecule has 0 spiro atoms. The van der Waals surface area contributed by atoms with E-state index in [1.54, 1.807) is 4.31 Å². The van der Waals surface area contributed by atoms with Crippen LogP contribution in [0.1, 0.15) is 51.4 Å². The van der Waals surface area contributed by atoms with Gasteiger partial charge in [0, 0.05) is 81.4 Å². The predicted octanol–water partition coefficient (Wildman–Crippen LogP) is 3.21. The number of aromatic nitrogens is 3. The van der Waals surface area contributed by atoms with Gasteiger partial charge >= 0.3 is 0 Å². The number of aliphatic hydroxyl groups excluding tert-OH is 1. The van der Waals surface area contributed by atoms with Gasteiger partial charge in [-0.1, -0.05) is 0 Å². The highest BCUT2D eigenvalue weighted by Crippen LogP contribution is 2.39. The minimum absolute atomic E-state index is 0.00942. The summed E-state index contributed by atoms with van der Waals surface area (Å²) in [5.41, 5.74) is 3.84. The fraction of sp³-hybridized carbons (Fsp3) is 0.647. The smallest absolute Gasteiger partial charge is 0.215 e. The molecular formula is C34H47N7O5S. The Bertz CT molecular complexity index is 1650. The number of pyridine rings is 2. The lowest BCUT2D eigenvalue weighted by molar-refractivity contribution is 0.0331. The molecule has 0 aliphatic carbocycles. The van der Waals surface area contributed by atoms with Crippen molar-refractivity contribution in [3.05, 3.63) is 36.8 Å². The third kappa shape index (κ3) is 6.09. The third-order valence-electron chi connectivity index (χ3n) is 11.2. The molecule has 6 fully saturated rings. The van der Waals surface area contributed by atoms with Crippen molar-refractivity contribution in [3.63, 3.8) is 0 Å². The molecule has 0 saturated carbocycles. The molecule has 4 bridgehead atoms. The summed E-state index contributed by atoms with van der Waals surface area (Å²) in [6.45, 7) is 4.25. The van der Waals surface area contributed by atoms with E-state index in [1.165, 1.54) is 12.8 Å². The number of nitrogens with zero attached hydrogens (tertiary/aromatic N) is 6. The SMILES string of the molecule is CNc1cnn2cc(OCCCN3[C@@H]4CC[C@H]3C[C@@H](O)C4)cc(-c3ccc(N4CC5CC(C4)N5S(=O)(=O)CC4CCOCC4)nc3)c12. The van der Waals surface area contributed by atoms with Crippen molar-refractivity contribution >= 4 is 27.0 Å². The van der Waals surface area contributed by atoms with Crippen molar-refractivity contribution in [3.8, 4) is 16.9 Å². The average molecular weight is 666 g/mol. The van der Waals surface area contributed by atoms with Crippen LogP contribution in [0.2, 0.25) is 0 Å². The second-order valence-electron chi connectivity index (χ2n) is 14.2. The minimum Gasteiger partial charge on any atom is -0.492 e. The molecular weight excluding hydrogens is 618 g/mol. The molecule has 0 amide bonds. The summed E-state index contributed by atoms with van der Waals surface area (Å²) in [5, 5.41) is 18.0. The first-order chi connectivity index (χ1) is 22.9. The summed E-state index contributed by atoms with van der Waals surface area (Å²) in [5.74, 6) is 2.06. The van der Waals surface area contributed by atoms with Gasteiger partial charge in [-0.25, -0.2) is 17.9 Å². The van der Waals surface area contributed by atoms with Crippen LogP contribution in [0, 0.1) is 5.92 Å². The lowest BCUT2D eigenvalue weighted by Gasteiger charge is -2.55. The number of aliphatic hydroxyl groups is 1. The van der Waals surface area contributed by atoms with Gasteiger partial charge in [0.2, 0.25) is 10.0 Å². The maximum absolute atomic E-state index is 13.3. The van der Waals surface area contributed by atoms with Crippen molar-refractivity contribution < 1.29 is 23.0 Å². The van der Waals surface area contributed by atoms with Crippen LogP contribution in [0.25, 0.3) is 16.6 Å². The number of fused-ring (bicyclic) bond motifs is 5. The molecule has 47 heavy (non-hydrogen) atoms. The Kier molecular flexibility index (Phi) is 8.53. The zero-order valence-electron chi connectivity index (χ0n) is 27.2. The van der Waals surface area contributed by atoms with E-state index in [0.717, 1.165) is 79.0 Å². The van der Waals surface area contributed by atoms with Crippen LogP contribution in [-0.2, 0) is 14.8 Å². The van der Waals surface area contributed by atoms with Crippen molar-refractivity contribution in [1.82, 2.24) is 23.8 Å². The number of rotatable bonds is 11. The van der Waals surface area contributed by atoms with Gasteiger partial charge in [-0.05, 0) is 75.5 Å². The standard InChI is InChI=1S/C34H47N7O5S/c1-35-32-18-37-40-21-30(46-10-2-9-39-25-4-5-26(39)15-29(42)14-25)16-31(34(32)40)24-3-6-33(36-17-24)38-19-27-13-28(20-38)41(27)47(43,44)22-23-7-11-45-12-8-23/h3,6,16-18,21,23,25-29,35,42H,2,4-5,7-15,19-20,22H2,1H3/t25-,26+,27?,28?,29+. The molecule has 254 valence electrons. The normalized spacial score (nSPS) is 28.5. The Hall–Kier alpha value is -2.97. The van der Waals surface area contributed by atoms with Gasteiger partial charge in [-0.3, -0.25) is 4.90 Å². The number of piperidine rings is 2. The van der Waals surface area contributed by atoms with Gasteiger partial charge in [-0.15, -0.1) is 0 Å². The summed E-state index contributed by atoms with van der Waals surface area (Å²) in [6.07, 6.45) is 13.2. The molecule has 5 atom stereocenters. The summed E-state index contributed by atoms with van der Waals surface area (Å²) < 4.78 is 42.0. The van der Waals surface area contributed by atoms with E-state index in [4.69, 9.17) is 14.5 Å². The summed E-state index contributed by atoms with van der Waals surface area (Å²) in [6, 6.07) is 7.25. The summed E-state index contributed by atoms with van der Waals surface area (Å²) >= 11 is 0. The highest BCUT2D eigenvalue weighted by Gasteiger charge is 2.51. The minimum atomic E-state index is -3.28. The van der Waals surface area contributed by atoms with Gasteiger partial charge in [-0.2, -0.15) is 9.40 Å². The third-order valence-corrected chi connectivity index (χ3v) is 13.3. The number of piperazine rings is 1. The van der Waals surface area contributed by atoms with Crippen molar-refractivity contribution in [2.75, 3.05) is 62.5 Å². The topological polar surface area (TPSA) is 125 Å². The summed E-state index contributed by atoms with van der Waals surface area (Å²) in [4.78, 5) is 9.68. The number of hydrogen-bond donors (Lipinski definition) is 2. The zero-order valence-corrected chi connectivity index (χ0v) is 28.0. The largest absolute Gasteiger partial charge is 0.492 e. The zero-order chi connectivity index (χ0) is 32.1. The molecule has 0 aromatic carbocycles. The highest BCUT2D eigenvalue weighted by molar-refractivity contribution is 7.89. The summed E-state index contributed by atoms with van der Waals surface area (Å²) in [7, 11) is -1.39. The molecule has 6 saturated heterocycles. The number of sulfonamides is 1. The fourth-order valence-electron chi connectivity index (χ4n) is 8.87. The van der Waals surface area contributed by atoms with Crippen LogP contribution >= 0.6 is 0 Å². The monoisotopic (exact) mass is 665 g/mol. The van der Waals surface area contributed by atoms with Gasteiger partial charge in [0.15, 0.2) is 0 Å². The average Bonchev–Trinajstić information content (AvgIpc) is 3.59. The van der Waals surface area contributed by atoms with Crippen LogP contribution < -0.4 is 15.0 Å². The van der Waals surface area contributed by atoms with E-state index in [0.29, 0.717) is 45.0 Å². The first kappa shape index (κ1) is 31.3. The van der Waals surface area contributed by atoms with Crippen molar-refractivity contribution in [1.29, 1.82) is 0 Å². The Morgan fingerprint density at radius 3 is 2.49 bits per heavy atom. The lowest BCUT2D eigenvalue weighted by Crippen LogP contribution is -2.70. The second kappa shape index (κ2) is 12.8. The molecule has 9 heterocycles. The fourth-order valence-corrected chi connectivity index (χ4v) is 11.2. The number of anilines is 2. The predicted molar refractivity (Wildman–Crippen MR) is 180 cm³/mol. The van der Waals surface area contributed by atoms with Crippen molar-refractivity contribution in [2.45, 2.75) is 81.6 Å². The van der Waals surface area contributed by atoms with E-state index < -0.39 is 10.0 Å². The van der Waals surface area contributed by atoms with Gasteiger partial charge < -0.3 is 24.8 Å². The maximum atomic E-state index is 13.3. The van der Waals surface area contributed by atoms with Gasteiger partial charge in [0.1, 0.15) is 11.6 Å². The number of hydrogen-bond acceptors (Lipinski definition) is 10. The van der Waals surface area contributed by atoms with Crippen LogP contribution in [0.4, 0.5) is 11.5 Å². The molecule has 9 rings (SSSR count). The van der Waals surface area contributed by atoms with Crippen molar-refractivity contribution in [2.24, 2.45) is 5.92 Å². The van der Waals surface area contributed by atoms with E-state index in [-0.39, 0.29) is 29.9 Å². The first-order valence-corrected chi connectivity index (χ1v) is 19.0. The second-order valence-corrected chi connectivity index (χ2v) is 16.1. The van der Waals surface area contributed by atoms with E-state index in [2.05, 4.69) is 32.3 Å². The molecule has 3 aromatic heterocycles. The van der Waals surface area contributed by atoms with E-state index in [9.17, 15) is 13.5 Å². The van der Waals surface area contributed by atoms with E-state index in [1.807, 2.05) is 36.2 Å². The first-order valence-electron chi connectivity index (χ1n) is 17.4. The van der Waals surface area contributed by atoms with Crippen LogP contribution in [0.5, 0.6) is 5.75 Å². The molecule has 2 N–H and O–H groups in total. The number of ether oxygens (including phenoxy) is 2. The highest BCUT2D eigenvalue weighted by atomic mass is 32.2. The lowest BCUT2D eigenvalue weighted by atomic mass is 9.91. The molecule has 12 nitrogen and oxygen atoms in total. The molecule has 2 unspecified atom stereocenters. The molecule has 13 heteroatoms. The molecule has 6 aliphatic rings. The Morgan fingerprint density at radius 1 is 1.02 bits per heavy atom. The Morgan fingerprint density at radius 2 is 1.79 bits per heavy atom. The Labute approximate surface area is 277 Å². The van der Waals surface area contributed by atoms with Crippen LogP contribution in [0.3, 0.4) is 0 Å². The Balaban J connectivity index is 0.934. The quantitative estimate of drug-likeness (QED) is 0.295. The molecule has 3 aromatic rings. The van der Waals surface area contributed by atoms with Crippen LogP contribution in [0.15, 0.2) is 36.8 Å². The van der Waals surface area contributed by atoms with Gasteiger partial charge in [0.25, 0.3) is 0 Å².